The summed E-state index contributed by atoms with van der Waals surface area (Å²) in [6.45, 7) is 1.35. The van der Waals surface area contributed by atoms with Gasteiger partial charge in [-0.3, -0.25) is 0 Å². The van der Waals surface area contributed by atoms with E-state index in [1.807, 2.05) is 17.5 Å². The Morgan fingerprint density at radius 1 is 1.18 bits per heavy atom. The minimum atomic E-state index is -0.827. The third-order valence-corrected chi connectivity index (χ3v) is 5.14. The van der Waals surface area contributed by atoms with Crippen LogP contribution < -0.4 is 0 Å². The number of carbonyl (C=O) groups is 1. The number of carboxylic acid groups (broad SMARTS) is 1. The predicted octanol–water partition coefficient (Wildman–Crippen LogP) is 3.50. The van der Waals surface area contributed by atoms with E-state index >= 15 is 0 Å². The van der Waals surface area contributed by atoms with Gasteiger partial charge in [0, 0.05) is 22.6 Å². The van der Waals surface area contributed by atoms with Crippen LogP contribution in [0, 0.1) is 0 Å². The molecule has 110 valence electrons. The van der Waals surface area contributed by atoms with Gasteiger partial charge < -0.3 is 10.0 Å². The molecule has 4 rings (SSSR count). The molecule has 0 unspecified atom stereocenters. The van der Waals surface area contributed by atoms with E-state index < -0.39 is 5.97 Å². The zero-order valence-electron chi connectivity index (χ0n) is 12.0. The molecule has 2 aliphatic heterocycles. The molecule has 0 fully saturated rings. The van der Waals surface area contributed by atoms with Crippen molar-refractivity contribution in [2.75, 3.05) is 13.1 Å². The molecule has 4 heteroatoms. The van der Waals surface area contributed by atoms with Gasteiger partial charge in [0.15, 0.2) is 0 Å². The summed E-state index contributed by atoms with van der Waals surface area (Å²) in [5.41, 5.74) is 5.25. The second-order valence-electron chi connectivity index (χ2n) is 5.54. The molecule has 2 aromatic rings. The first-order valence-electron chi connectivity index (χ1n) is 7.29. The molecule has 0 bridgehead atoms. The average molecular weight is 309 g/mol. The number of rotatable bonds is 2. The van der Waals surface area contributed by atoms with Crippen molar-refractivity contribution in [3.05, 3.63) is 69.4 Å². The van der Waals surface area contributed by atoms with E-state index in [-0.39, 0.29) is 0 Å². The molecule has 1 aromatic heterocycles. The number of fused-ring (bicyclic) bond motifs is 3. The highest BCUT2D eigenvalue weighted by Crippen LogP contribution is 2.40. The standard InChI is InChI=1S/C18H15NO2S/c20-18(21)13-10-15(16-6-3-9-22-16)17-14-5-2-1-4-12(14)7-8-19(17)11-13/h1-6,9-10H,7-8,11H2,(H,20,21). The maximum absolute atomic E-state index is 11.5. The van der Waals surface area contributed by atoms with Gasteiger partial charge in [-0.25, -0.2) is 4.79 Å². The molecule has 0 atom stereocenters. The number of nitrogens with zero attached hydrogens (tertiary/aromatic N) is 1. The zero-order valence-corrected chi connectivity index (χ0v) is 12.8. The summed E-state index contributed by atoms with van der Waals surface area (Å²) < 4.78 is 0. The summed E-state index contributed by atoms with van der Waals surface area (Å²) >= 11 is 1.65. The van der Waals surface area contributed by atoms with Crippen LogP contribution in [0.4, 0.5) is 0 Å². The number of carboxylic acids is 1. The Morgan fingerprint density at radius 2 is 2.05 bits per heavy atom. The number of thiophene rings is 1. The molecule has 0 amide bonds. The second kappa shape index (κ2) is 5.14. The fraction of sp³-hybridized carbons (Fsp3) is 0.167. The van der Waals surface area contributed by atoms with Crippen molar-refractivity contribution in [3.63, 3.8) is 0 Å². The van der Waals surface area contributed by atoms with Crippen LogP contribution in [0.3, 0.4) is 0 Å². The number of allylic oxidation sites excluding steroid dienone is 2. The van der Waals surface area contributed by atoms with Crippen LogP contribution in [0.15, 0.2) is 53.4 Å². The third kappa shape index (κ3) is 2.07. The normalized spacial score (nSPS) is 16.9. The maximum Gasteiger partial charge on any atom is 0.333 e. The number of hydrogen-bond donors (Lipinski definition) is 1. The van der Waals surface area contributed by atoms with Gasteiger partial charge in [0.1, 0.15) is 0 Å². The van der Waals surface area contributed by atoms with Crippen LogP contribution in [0.25, 0.3) is 11.3 Å². The molecular formula is C18H15NO2S. The monoisotopic (exact) mass is 309 g/mol. The molecule has 0 spiro atoms. The fourth-order valence-corrected chi connectivity index (χ4v) is 3.97. The Labute approximate surface area is 132 Å². The quantitative estimate of drug-likeness (QED) is 0.923. The van der Waals surface area contributed by atoms with Gasteiger partial charge in [0.2, 0.25) is 0 Å². The first-order valence-corrected chi connectivity index (χ1v) is 8.17. The summed E-state index contributed by atoms with van der Waals surface area (Å²) in [6, 6.07) is 12.5. The minimum Gasteiger partial charge on any atom is -0.478 e. The largest absolute Gasteiger partial charge is 0.478 e. The molecule has 0 saturated heterocycles. The molecular weight excluding hydrogens is 294 g/mol. The van der Waals surface area contributed by atoms with Gasteiger partial charge in [-0.1, -0.05) is 30.3 Å². The van der Waals surface area contributed by atoms with E-state index in [2.05, 4.69) is 35.2 Å². The van der Waals surface area contributed by atoms with Crippen molar-refractivity contribution < 1.29 is 9.90 Å². The van der Waals surface area contributed by atoms with E-state index in [9.17, 15) is 9.90 Å². The van der Waals surface area contributed by atoms with E-state index in [4.69, 9.17) is 0 Å². The highest BCUT2D eigenvalue weighted by Gasteiger charge is 2.29. The van der Waals surface area contributed by atoms with Gasteiger partial charge in [-0.15, -0.1) is 11.3 Å². The number of aliphatic carboxylic acids is 1. The molecule has 0 radical (unpaired) electrons. The van der Waals surface area contributed by atoms with Crippen molar-refractivity contribution in [1.29, 1.82) is 0 Å². The van der Waals surface area contributed by atoms with Gasteiger partial charge in [-0.2, -0.15) is 0 Å². The smallest absolute Gasteiger partial charge is 0.333 e. The first kappa shape index (κ1) is 13.3. The summed E-state index contributed by atoms with van der Waals surface area (Å²) in [6.07, 6.45) is 2.81. The highest BCUT2D eigenvalue weighted by atomic mass is 32.1. The highest BCUT2D eigenvalue weighted by molar-refractivity contribution is 7.11. The molecule has 2 aliphatic rings. The lowest BCUT2D eigenvalue weighted by Gasteiger charge is -2.37. The van der Waals surface area contributed by atoms with Crippen molar-refractivity contribution in [2.24, 2.45) is 0 Å². The van der Waals surface area contributed by atoms with Crippen molar-refractivity contribution >= 4 is 28.6 Å². The lowest BCUT2D eigenvalue weighted by atomic mass is 9.89. The lowest BCUT2D eigenvalue weighted by Crippen LogP contribution is -2.35. The first-order chi connectivity index (χ1) is 10.7. The van der Waals surface area contributed by atoms with Crippen LogP contribution in [-0.4, -0.2) is 29.1 Å². The minimum absolute atomic E-state index is 0.464. The Kier molecular flexibility index (Phi) is 3.12. The van der Waals surface area contributed by atoms with Gasteiger partial charge >= 0.3 is 5.97 Å². The van der Waals surface area contributed by atoms with E-state index in [0.29, 0.717) is 12.1 Å². The average Bonchev–Trinajstić information content (AvgIpc) is 3.07. The van der Waals surface area contributed by atoms with Gasteiger partial charge in [-0.05, 0) is 29.5 Å². The second-order valence-corrected chi connectivity index (χ2v) is 6.49. The van der Waals surface area contributed by atoms with Crippen molar-refractivity contribution in [3.8, 4) is 0 Å². The molecule has 0 aliphatic carbocycles. The van der Waals surface area contributed by atoms with Gasteiger partial charge in [0.25, 0.3) is 0 Å². The molecule has 0 saturated carbocycles. The van der Waals surface area contributed by atoms with Crippen LogP contribution in [0.5, 0.6) is 0 Å². The van der Waals surface area contributed by atoms with E-state index in [1.54, 1.807) is 11.3 Å². The molecule has 3 nitrogen and oxygen atoms in total. The molecule has 1 N–H and O–H groups in total. The molecule has 1 aromatic carbocycles. The summed E-state index contributed by atoms with van der Waals surface area (Å²) in [5.74, 6) is -0.827. The van der Waals surface area contributed by atoms with Crippen LogP contribution in [0.2, 0.25) is 0 Å². The topological polar surface area (TPSA) is 40.5 Å². The van der Waals surface area contributed by atoms with E-state index in [0.717, 1.165) is 23.4 Å². The van der Waals surface area contributed by atoms with Crippen LogP contribution in [-0.2, 0) is 11.2 Å². The summed E-state index contributed by atoms with van der Waals surface area (Å²) in [5, 5.41) is 11.5. The van der Waals surface area contributed by atoms with E-state index in [1.165, 1.54) is 16.8 Å². The van der Waals surface area contributed by atoms with Crippen LogP contribution >= 0.6 is 11.3 Å². The third-order valence-electron chi connectivity index (χ3n) is 4.24. The maximum atomic E-state index is 11.5. The number of benzene rings is 1. The summed E-state index contributed by atoms with van der Waals surface area (Å²) in [4.78, 5) is 14.8. The zero-order chi connectivity index (χ0) is 15.1. The Hall–Kier alpha value is -2.33. The molecule has 3 heterocycles. The number of hydrogen-bond acceptors (Lipinski definition) is 3. The lowest BCUT2D eigenvalue weighted by molar-refractivity contribution is -0.132. The predicted molar refractivity (Wildman–Crippen MR) is 88.6 cm³/mol. The Balaban J connectivity index is 1.98. The molecule has 22 heavy (non-hydrogen) atoms. The fourth-order valence-electron chi connectivity index (χ4n) is 3.22. The van der Waals surface area contributed by atoms with Crippen LogP contribution in [0.1, 0.15) is 16.0 Å². The summed E-state index contributed by atoms with van der Waals surface area (Å²) in [7, 11) is 0. The SMILES string of the molecule is O=C(O)C1=CC(c2cccs2)=C2c3ccccc3CCN2C1. The Bertz CT molecular complexity index is 802. The Morgan fingerprint density at radius 3 is 2.82 bits per heavy atom. The van der Waals surface area contributed by atoms with Crippen molar-refractivity contribution in [1.82, 2.24) is 4.90 Å². The van der Waals surface area contributed by atoms with Gasteiger partial charge in [0.05, 0.1) is 17.8 Å². The van der Waals surface area contributed by atoms with Crippen molar-refractivity contribution in [2.45, 2.75) is 6.42 Å².